The van der Waals surface area contributed by atoms with Crippen molar-refractivity contribution in [2.45, 2.75) is 6.29 Å². The molecule has 0 aliphatic rings. The molecule has 0 aliphatic carbocycles. The van der Waals surface area contributed by atoms with Crippen LogP contribution in [-0.2, 0) is 4.79 Å². The molecule has 3 rings (SSSR count). The zero-order valence-corrected chi connectivity index (χ0v) is 17.4. The van der Waals surface area contributed by atoms with Crippen LogP contribution in [0.3, 0.4) is 0 Å². The molecule has 0 heterocycles. The molecule has 0 radical (unpaired) electrons. The van der Waals surface area contributed by atoms with Gasteiger partial charge in [-0.25, -0.2) is 5.43 Å². The van der Waals surface area contributed by atoms with Gasteiger partial charge in [0.25, 0.3) is 5.69 Å². The number of amides is 1. The van der Waals surface area contributed by atoms with Gasteiger partial charge in [-0.15, -0.1) is 0 Å². The molecular formula is C21H15BrN3O6-. The number of carbonyl (C=O) groups is 1. The average molecular weight is 485 g/mol. The first-order valence-electron chi connectivity index (χ1n) is 8.85. The molecule has 0 saturated carbocycles. The summed E-state index contributed by atoms with van der Waals surface area (Å²) in [5.41, 5.74) is 1.85. The van der Waals surface area contributed by atoms with Gasteiger partial charge in [0.15, 0.2) is 0 Å². The second-order valence-corrected chi connectivity index (χ2v) is 6.89. The van der Waals surface area contributed by atoms with Crippen molar-refractivity contribution >= 4 is 33.7 Å². The maximum absolute atomic E-state index is 12.6. The van der Waals surface area contributed by atoms with E-state index in [0.717, 1.165) is 18.3 Å². The van der Waals surface area contributed by atoms with Crippen LogP contribution in [0.1, 0.15) is 5.56 Å². The van der Waals surface area contributed by atoms with Gasteiger partial charge in [-0.05, 0) is 29.8 Å². The first-order chi connectivity index (χ1) is 14.9. The van der Waals surface area contributed by atoms with Crippen LogP contribution in [0.15, 0.2) is 82.4 Å². The Morgan fingerprint density at radius 2 is 1.58 bits per heavy atom. The lowest BCUT2D eigenvalue weighted by Crippen LogP contribution is -2.40. The molecule has 0 bridgehead atoms. The number of ether oxygens (including phenoxy) is 2. The van der Waals surface area contributed by atoms with Gasteiger partial charge in [0.05, 0.1) is 11.1 Å². The van der Waals surface area contributed by atoms with Gasteiger partial charge in [-0.3, -0.25) is 14.9 Å². The number of nitro benzene ring substituents is 1. The molecule has 1 amide bonds. The number of nitrogens with zero attached hydrogens (tertiary/aromatic N) is 2. The Balaban J connectivity index is 1.76. The van der Waals surface area contributed by atoms with Gasteiger partial charge >= 0.3 is 12.2 Å². The largest absolute Gasteiger partial charge is 0.871 e. The Kier molecular flexibility index (Phi) is 7.17. The van der Waals surface area contributed by atoms with Crippen LogP contribution in [0.2, 0.25) is 0 Å². The van der Waals surface area contributed by atoms with Crippen LogP contribution >= 0.6 is 15.9 Å². The first-order valence-corrected chi connectivity index (χ1v) is 9.64. The minimum absolute atomic E-state index is 0.00664. The van der Waals surface area contributed by atoms with Crippen LogP contribution in [0.4, 0.5) is 5.69 Å². The Hall–Kier alpha value is -3.92. The van der Waals surface area contributed by atoms with E-state index in [1.807, 2.05) is 0 Å². The van der Waals surface area contributed by atoms with Gasteiger partial charge < -0.3 is 14.6 Å². The molecule has 0 aromatic heterocycles. The SMILES string of the molecule is O=C(NN=Cc1cc([N+](=O)[O-])cc(Br)c1[O-])C(Oc1ccccc1)Oc1ccccc1. The van der Waals surface area contributed by atoms with E-state index in [1.54, 1.807) is 60.7 Å². The molecule has 0 aliphatic heterocycles. The monoisotopic (exact) mass is 484 g/mol. The fraction of sp³-hybridized carbons (Fsp3) is 0.0476. The van der Waals surface area contributed by atoms with E-state index in [-0.39, 0.29) is 15.7 Å². The summed E-state index contributed by atoms with van der Waals surface area (Å²) < 4.78 is 11.2. The minimum Gasteiger partial charge on any atom is -0.871 e. The highest BCUT2D eigenvalue weighted by atomic mass is 79.9. The van der Waals surface area contributed by atoms with E-state index in [0.29, 0.717) is 11.5 Å². The van der Waals surface area contributed by atoms with Crippen molar-refractivity contribution in [3.8, 4) is 17.2 Å². The van der Waals surface area contributed by atoms with Crippen molar-refractivity contribution in [2.75, 3.05) is 0 Å². The second-order valence-electron chi connectivity index (χ2n) is 6.03. The van der Waals surface area contributed by atoms with Crippen LogP contribution < -0.4 is 20.0 Å². The molecule has 0 spiro atoms. The number of para-hydroxylation sites is 2. The third-order valence-corrected chi connectivity index (χ3v) is 4.42. The highest BCUT2D eigenvalue weighted by Gasteiger charge is 2.22. The Labute approximate surface area is 185 Å². The molecule has 0 saturated heterocycles. The van der Waals surface area contributed by atoms with Gasteiger partial charge in [0.2, 0.25) is 0 Å². The average Bonchev–Trinajstić information content (AvgIpc) is 2.77. The summed E-state index contributed by atoms with van der Waals surface area (Å²) in [6.07, 6.45) is -0.370. The molecule has 0 fully saturated rings. The number of nitro groups is 1. The number of carbonyl (C=O) groups excluding carboxylic acids is 1. The number of rotatable bonds is 8. The molecule has 1 N–H and O–H groups in total. The van der Waals surface area contributed by atoms with Crippen molar-refractivity contribution < 1.29 is 24.3 Å². The van der Waals surface area contributed by atoms with Crippen LogP contribution in [-0.4, -0.2) is 23.3 Å². The predicted molar refractivity (Wildman–Crippen MR) is 114 cm³/mol. The number of halogens is 1. The quantitative estimate of drug-likeness (QED) is 0.226. The first kappa shape index (κ1) is 21.8. The van der Waals surface area contributed by atoms with E-state index >= 15 is 0 Å². The van der Waals surface area contributed by atoms with Crippen molar-refractivity contribution in [3.63, 3.8) is 0 Å². The van der Waals surface area contributed by atoms with E-state index in [9.17, 15) is 20.0 Å². The lowest BCUT2D eigenvalue weighted by atomic mass is 10.2. The molecule has 9 nitrogen and oxygen atoms in total. The summed E-state index contributed by atoms with van der Waals surface area (Å²) >= 11 is 2.98. The van der Waals surface area contributed by atoms with Crippen LogP contribution in [0.5, 0.6) is 17.2 Å². The minimum atomic E-state index is -1.38. The molecule has 158 valence electrons. The fourth-order valence-corrected chi connectivity index (χ4v) is 2.86. The summed E-state index contributed by atoms with van der Waals surface area (Å²) in [6, 6.07) is 19.3. The topological polar surface area (TPSA) is 126 Å². The Morgan fingerprint density at radius 3 is 2.10 bits per heavy atom. The summed E-state index contributed by atoms with van der Waals surface area (Å²) in [7, 11) is 0. The van der Waals surface area contributed by atoms with Gasteiger partial charge in [-0.1, -0.05) is 58.1 Å². The van der Waals surface area contributed by atoms with Crippen LogP contribution in [0.25, 0.3) is 0 Å². The molecule has 3 aromatic carbocycles. The van der Waals surface area contributed by atoms with Crippen LogP contribution in [0, 0.1) is 10.1 Å². The normalized spacial score (nSPS) is 10.8. The third kappa shape index (κ3) is 6.03. The zero-order chi connectivity index (χ0) is 22.2. The Bertz CT molecular complexity index is 1050. The number of hydrogen-bond acceptors (Lipinski definition) is 7. The van der Waals surface area contributed by atoms with Crippen molar-refractivity contribution in [3.05, 3.63) is 92.9 Å². The summed E-state index contributed by atoms with van der Waals surface area (Å²) in [6.45, 7) is 0. The molecule has 31 heavy (non-hydrogen) atoms. The lowest BCUT2D eigenvalue weighted by molar-refractivity contribution is -0.385. The molecule has 3 aromatic rings. The third-order valence-electron chi connectivity index (χ3n) is 3.83. The molecular weight excluding hydrogens is 470 g/mol. The smallest absolute Gasteiger partial charge is 0.323 e. The summed E-state index contributed by atoms with van der Waals surface area (Å²) in [5.74, 6) is -0.471. The predicted octanol–water partition coefficient (Wildman–Crippen LogP) is 3.37. The molecule has 0 unspecified atom stereocenters. The van der Waals surface area contributed by atoms with E-state index in [2.05, 4.69) is 26.5 Å². The van der Waals surface area contributed by atoms with E-state index in [4.69, 9.17) is 9.47 Å². The van der Waals surface area contributed by atoms with E-state index < -0.39 is 22.9 Å². The second kappa shape index (κ2) is 10.2. The zero-order valence-electron chi connectivity index (χ0n) is 15.8. The maximum Gasteiger partial charge on any atom is 0.323 e. The highest BCUT2D eigenvalue weighted by Crippen LogP contribution is 2.29. The maximum atomic E-state index is 12.6. The number of hydrogen-bond donors (Lipinski definition) is 1. The lowest BCUT2D eigenvalue weighted by Gasteiger charge is -2.19. The highest BCUT2D eigenvalue weighted by molar-refractivity contribution is 9.10. The fourth-order valence-electron chi connectivity index (χ4n) is 2.40. The standard InChI is InChI=1S/C21H16BrN3O6/c22-18-12-15(25(28)29)11-14(19(18)26)13-23-24-20(27)21(30-16-7-3-1-4-8-16)31-17-9-5-2-6-10-17/h1-13,21,26H,(H,24,27)/p-1. The molecule has 0 atom stereocenters. The number of non-ortho nitro benzene ring substituents is 1. The van der Waals surface area contributed by atoms with Crippen molar-refractivity contribution in [1.29, 1.82) is 0 Å². The van der Waals surface area contributed by atoms with E-state index in [1.165, 1.54) is 0 Å². The Morgan fingerprint density at radius 1 is 1.03 bits per heavy atom. The van der Waals surface area contributed by atoms with Gasteiger partial charge in [0, 0.05) is 16.6 Å². The number of hydrazone groups is 1. The van der Waals surface area contributed by atoms with Gasteiger partial charge in [-0.2, -0.15) is 5.10 Å². The molecule has 10 heteroatoms. The summed E-state index contributed by atoms with van der Waals surface area (Å²) in [4.78, 5) is 22.9. The number of nitrogens with one attached hydrogen (secondary N) is 1. The number of benzene rings is 3. The van der Waals surface area contributed by atoms with Crippen molar-refractivity contribution in [1.82, 2.24) is 5.43 Å². The van der Waals surface area contributed by atoms with Gasteiger partial charge in [0.1, 0.15) is 11.5 Å². The summed E-state index contributed by atoms with van der Waals surface area (Å²) in [5, 5.41) is 26.8. The van der Waals surface area contributed by atoms with Crippen molar-refractivity contribution in [2.24, 2.45) is 5.10 Å².